The molecule has 5 heteroatoms. The third-order valence-electron chi connectivity index (χ3n) is 3.49. The smallest absolute Gasteiger partial charge is 0.227 e. The number of anilines is 1. The van der Waals surface area contributed by atoms with E-state index in [2.05, 4.69) is 5.32 Å². The lowest BCUT2D eigenvalue weighted by Gasteiger charge is -2.25. The van der Waals surface area contributed by atoms with Crippen LogP contribution in [0.25, 0.3) is 0 Å². The minimum Gasteiger partial charge on any atom is -0.479 e. The predicted molar refractivity (Wildman–Crippen MR) is 76.1 cm³/mol. The maximum atomic E-state index is 12.2. The van der Waals surface area contributed by atoms with Gasteiger partial charge in [-0.1, -0.05) is 12.5 Å². The third-order valence-corrected chi connectivity index (χ3v) is 3.49. The first kappa shape index (κ1) is 14.4. The summed E-state index contributed by atoms with van der Waals surface area (Å²) >= 11 is 0. The molecule has 1 amide bonds. The van der Waals surface area contributed by atoms with Crippen LogP contribution in [0, 0.1) is 17.2 Å². The fourth-order valence-corrected chi connectivity index (χ4v) is 2.49. The Morgan fingerprint density at radius 2 is 2.35 bits per heavy atom. The number of hydrogen-bond acceptors (Lipinski definition) is 4. The lowest BCUT2D eigenvalue weighted by atomic mass is 9.85. The van der Waals surface area contributed by atoms with Crippen LogP contribution < -0.4 is 15.8 Å². The van der Waals surface area contributed by atoms with Crippen molar-refractivity contribution in [1.82, 2.24) is 0 Å². The summed E-state index contributed by atoms with van der Waals surface area (Å²) in [6.07, 6.45) is 3.65. The summed E-state index contributed by atoms with van der Waals surface area (Å²) in [6.45, 7) is -0.00508. The second-order valence-corrected chi connectivity index (χ2v) is 5.09. The number of rotatable bonds is 4. The van der Waals surface area contributed by atoms with Crippen molar-refractivity contribution in [3.05, 3.63) is 24.3 Å². The van der Waals surface area contributed by atoms with E-state index in [1.807, 2.05) is 6.07 Å². The zero-order chi connectivity index (χ0) is 14.4. The molecule has 0 saturated heterocycles. The van der Waals surface area contributed by atoms with Crippen molar-refractivity contribution in [1.29, 1.82) is 5.26 Å². The van der Waals surface area contributed by atoms with Crippen LogP contribution in [-0.2, 0) is 4.79 Å². The number of nitrogens with one attached hydrogen (secondary N) is 1. The quantitative estimate of drug-likeness (QED) is 0.878. The van der Waals surface area contributed by atoms with Crippen LogP contribution in [0.15, 0.2) is 24.3 Å². The van der Waals surface area contributed by atoms with Crippen LogP contribution in [0.1, 0.15) is 25.7 Å². The van der Waals surface area contributed by atoms with Gasteiger partial charge in [0.25, 0.3) is 0 Å². The summed E-state index contributed by atoms with van der Waals surface area (Å²) in [5.41, 5.74) is 6.59. The third kappa shape index (κ3) is 3.97. The second-order valence-electron chi connectivity index (χ2n) is 5.09. The molecule has 1 aromatic carbocycles. The van der Waals surface area contributed by atoms with Crippen molar-refractivity contribution in [3.63, 3.8) is 0 Å². The summed E-state index contributed by atoms with van der Waals surface area (Å²) in [5.74, 6) is 0.574. The van der Waals surface area contributed by atoms with Gasteiger partial charge in [0, 0.05) is 23.7 Å². The van der Waals surface area contributed by atoms with Crippen molar-refractivity contribution in [3.8, 4) is 11.8 Å². The minimum absolute atomic E-state index is 0.00508. The highest BCUT2D eigenvalue weighted by Gasteiger charge is 2.25. The van der Waals surface area contributed by atoms with Crippen molar-refractivity contribution in [2.45, 2.75) is 31.7 Å². The van der Waals surface area contributed by atoms with Gasteiger partial charge in [-0.25, -0.2) is 0 Å². The Bertz CT molecular complexity index is 510. The Morgan fingerprint density at radius 1 is 1.50 bits per heavy atom. The molecule has 0 heterocycles. The summed E-state index contributed by atoms with van der Waals surface area (Å²) in [6, 6.07) is 9.10. The Morgan fingerprint density at radius 3 is 3.10 bits per heavy atom. The molecule has 0 radical (unpaired) electrons. The second kappa shape index (κ2) is 6.92. The summed E-state index contributed by atoms with van der Waals surface area (Å²) < 4.78 is 5.21. The molecule has 0 bridgehead atoms. The number of benzene rings is 1. The zero-order valence-corrected chi connectivity index (χ0v) is 11.3. The largest absolute Gasteiger partial charge is 0.479 e. The van der Waals surface area contributed by atoms with Crippen molar-refractivity contribution in [2.24, 2.45) is 11.7 Å². The van der Waals surface area contributed by atoms with Gasteiger partial charge in [0.2, 0.25) is 5.91 Å². The maximum Gasteiger partial charge on any atom is 0.227 e. The molecule has 0 aromatic heterocycles. The van der Waals surface area contributed by atoms with Crippen LogP contribution in [0.3, 0.4) is 0 Å². The number of hydrogen-bond donors (Lipinski definition) is 2. The van der Waals surface area contributed by atoms with Crippen LogP contribution in [0.4, 0.5) is 5.69 Å². The molecular formula is C15H19N3O2. The fourth-order valence-electron chi connectivity index (χ4n) is 2.49. The summed E-state index contributed by atoms with van der Waals surface area (Å²) in [7, 11) is 0. The fraction of sp³-hybridized carbons (Fsp3) is 0.467. The first-order chi connectivity index (χ1) is 9.69. The predicted octanol–water partition coefficient (Wildman–Crippen LogP) is 2.04. The van der Waals surface area contributed by atoms with Crippen LogP contribution in [0.5, 0.6) is 5.75 Å². The maximum absolute atomic E-state index is 12.2. The molecule has 1 aromatic rings. The molecule has 0 spiro atoms. The number of amides is 1. The average Bonchev–Trinajstić information content (AvgIpc) is 2.45. The lowest BCUT2D eigenvalue weighted by molar-refractivity contribution is -0.120. The number of ether oxygens (including phenoxy) is 1. The highest BCUT2D eigenvalue weighted by Crippen LogP contribution is 2.25. The van der Waals surface area contributed by atoms with Gasteiger partial charge >= 0.3 is 0 Å². The Labute approximate surface area is 118 Å². The van der Waals surface area contributed by atoms with Gasteiger partial charge in [0.15, 0.2) is 6.61 Å². The monoisotopic (exact) mass is 273 g/mol. The van der Waals surface area contributed by atoms with Crippen LogP contribution in [-0.4, -0.2) is 18.6 Å². The first-order valence-electron chi connectivity index (χ1n) is 6.85. The molecule has 20 heavy (non-hydrogen) atoms. The highest BCUT2D eigenvalue weighted by atomic mass is 16.5. The Kier molecular flexibility index (Phi) is 4.97. The van der Waals surface area contributed by atoms with E-state index in [4.69, 9.17) is 15.7 Å². The van der Waals surface area contributed by atoms with E-state index in [0.717, 1.165) is 25.7 Å². The highest BCUT2D eigenvalue weighted by molar-refractivity contribution is 5.92. The van der Waals surface area contributed by atoms with Crippen molar-refractivity contribution >= 4 is 11.6 Å². The van der Waals surface area contributed by atoms with Gasteiger partial charge in [0.1, 0.15) is 11.8 Å². The standard InChI is InChI=1S/C15H19N3O2/c16-7-8-20-14-6-2-5-13(10-14)18-15(19)11-3-1-4-12(17)9-11/h2,5-6,10-12H,1,3-4,8-9,17H2,(H,18,19). The van der Waals surface area contributed by atoms with Crippen LogP contribution >= 0.6 is 0 Å². The topological polar surface area (TPSA) is 88.1 Å². The molecule has 3 N–H and O–H groups in total. The first-order valence-corrected chi connectivity index (χ1v) is 6.85. The van der Waals surface area contributed by atoms with E-state index < -0.39 is 0 Å². The van der Waals surface area contributed by atoms with Gasteiger partial charge in [-0.3, -0.25) is 4.79 Å². The number of nitrogens with two attached hydrogens (primary N) is 1. The summed E-state index contributed by atoms with van der Waals surface area (Å²) in [5, 5.41) is 11.4. The van der Waals surface area contributed by atoms with Gasteiger partial charge in [-0.05, 0) is 31.4 Å². The summed E-state index contributed by atoms with van der Waals surface area (Å²) in [4.78, 5) is 12.2. The zero-order valence-electron chi connectivity index (χ0n) is 11.3. The number of carbonyl (C=O) groups is 1. The molecule has 2 unspecified atom stereocenters. The normalized spacial score (nSPS) is 21.8. The van der Waals surface area contributed by atoms with Gasteiger partial charge in [-0.15, -0.1) is 0 Å². The van der Waals surface area contributed by atoms with Gasteiger partial charge in [-0.2, -0.15) is 5.26 Å². The molecule has 0 aliphatic heterocycles. The molecular weight excluding hydrogens is 254 g/mol. The van der Waals surface area contributed by atoms with Crippen molar-refractivity contribution < 1.29 is 9.53 Å². The molecule has 2 rings (SSSR count). The number of nitrogens with zero attached hydrogens (tertiary/aromatic N) is 1. The van der Waals surface area contributed by atoms with E-state index in [9.17, 15) is 4.79 Å². The lowest BCUT2D eigenvalue weighted by Crippen LogP contribution is -2.34. The average molecular weight is 273 g/mol. The van der Waals surface area contributed by atoms with E-state index in [-0.39, 0.29) is 24.5 Å². The van der Waals surface area contributed by atoms with Crippen molar-refractivity contribution in [2.75, 3.05) is 11.9 Å². The molecule has 5 nitrogen and oxygen atoms in total. The van der Waals surface area contributed by atoms with E-state index >= 15 is 0 Å². The molecule has 1 fully saturated rings. The molecule has 106 valence electrons. The Hall–Kier alpha value is -2.06. The Balaban J connectivity index is 1.95. The van der Waals surface area contributed by atoms with Gasteiger partial charge < -0.3 is 15.8 Å². The minimum atomic E-state index is -0.0116. The van der Waals surface area contributed by atoms with E-state index in [0.29, 0.717) is 11.4 Å². The van der Waals surface area contributed by atoms with Crippen LogP contribution in [0.2, 0.25) is 0 Å². The molecule has 2 atom stereocenters. The van der Waals surface area contributed by atoms with E-state index in [1.54, 1.807) is 24.3 Å². The van der Waals surface area contributed by atoms with E-state index in [1.165, 1.54) is 0 Å². The number of nitriles is 1. The molecule has 1 aliphatic carbocycles. The molecule has 1 aliphatic rings. The SMILES string of the molecule is N#CCOc1cccc(NC(=O)C2CCCC(N)C2)c1. The number of carbonyl (C=O) groups excluding carboxylic acids is 1. The van der Waals surface area contributed by atoms with Gasteiger partial charge in [0.05, 0.1) is 0 Å². The molecule has 1 saturated carbocycles.